The SMILES string of the molecule is Cc1cc(C)c(C)c(-c2cc3cccc(-c4cnc(CC(C)(C)C)nc4)c3c[n+]2C)c1. The minimum Gasteiger partial charge on any atom is -0.241 e. The molecule has 0 fully saturated rings. The maximum atomic E-state index is 4.65. The van der Waals surface area contributed by atoms with Crippen molar-refractivity contribution in [2.24, 2.45) is 12.5 Å². The number of hydrogen-bond acceptors (Lipinski definition) is 2. The molecule has 0 saturated heterocycles. The van der Waals surface area contributed by atoms with Crippen molar-refractivity contribution in [2.75, 3.05) is 0 Å². The number of nitrogens with zero attached hydrogens (tertiary/aromatic N) is 3. The number of aromatic nitrogens is 3. The Morgan fingerprint density at radius 3 is 2.29 bits per heavy atom. The molecule has 0 aliphatic carbocycles. The average Bonchev–Trinajstić information content (AvgIpc) is 2.69. The van der Waals surface area contributed by atoms with Gasteiger partial charge in [-0.3, -0.25) is 0 Å². The number of pyridine rings is 1. The third-order valence-electron chi connectivity index (χ3n) is 5.93. The Balaban J connectivity index is 1.81. The van der Waals surface area contributed by atoms with E-state index in [1.54, 1.807) is 0 Å². The van der Waals surface area contributed by atoms with Crippen molar-refractivity contribution in [1.29, 1.82) is 0 Å². The van der Waals surface area contributed by atoms with Gasteiger partial charge in [0.05, 0.1) is 5.39 Å². The van der Waals surface area contributed by atoms with Gasteiger partial charge in [-0.05, 0) is 54.3 Å². The summed E-state index contributed by atoms with van der Waals surface area (Å²) in [5, 5.41) is 2.44. The van der Waals surface area contributed by atoms with E-state index in [0.717, 1.165) is 17.8 Å². The maximum absolute atomic E-state index is 4.65. The largest absolute Gasteiger partial charge is 0.241 e. The van der Waals surface area contributed by atoms with E-state index in [-0.39, 0.29) is 5.41 Å². The molecule has 0 unspecified atom stereocenters. The van der Waals surface area contributed by atoms with Crippen molar-refractivity contribution >= 4 is 10.8 Å². The second kappa shape index (κ2) is 7.88. The van der Waals surface area contributed by atoms with Crippen LogP contribution in [0.4, 0.5) is 0 Å². The van der Waals surface area contributed by atoms with Gasteiger partial charge >= 0.3 is 0 Å². The molecule has 0 saturated carbocycles. The normalized spacial score (nSPS) is 11.8. The fourth-order valence-electron chi connectivity index (χ4n) is 4.25. The number of aryl methyl sites for hydroxylation is 3. The predicted molar refractivity (Wildman–Crippen MR) is 129 cm³/mol. The molecule has 4 rings (SSSR count). The summed E-state index contributed by atoms with van der Waals surface area (Å²) >= 11 is 0. The molecular weight excluding hydrogens is 378 g/mol. The first-order chi connectivity index (χ1) is 14.6. The Hall–Kier alpha value is -3.07. The molecule has 158 valence electrons. The van der Waals surface area contributed by atoms with Crippen molar-refractivity contribution in [3.63, 3.8) is 0 Å². The zero-order valence-corrected chi connectivity index (χ0v) is 19.7. The number of fused-ring (bicyclic) bond motifs is 1. The highest BCUT2D eigenvalue weighted by Crippen LogP contribution is 2.31. The molecule has 0 radical (unpaired) electrons. The molecule has 2 heterocycles. The lowest BCUT2D eigenvalue weighted by atomic mass is 9.92. The van der Waals surface area contributed by atoms with Gasteiger partial charge in [-0.15, -0.1) is 0 Å². The van der Waals surface area contributed by atoms with Crippen LogP contribution in [0.2, 0.25) is 0 Å². The molecule has 4 aromatic rings. The number of benzene rings is 2. The van der Waals surface area contributed by atoms with E-state index in [4.69, 9.17) is 0 Å². The van der Waals surface area contributed by atoms with Crippen molar-refractivity contribution < 1.29 is 4.57 Å². The minimum atomic E-state index is 0.178. The topological polar surface area (TPSA) is 29.7 Å². The second-order valence-electron chi connectivity index (χ2n) is 9.96. The molecule has 0 aliphatic rings. The van der Waals surface area contributed by atoms with E-state index < -0.39 is 0 Å². The third kappa shape index (κ3) is 4.36. The highest BCUT2D eigenvalue weighted by molar-refractivity contribution is 5.96. The molecule has 0 amide bonds. The van der Waals surface area contributed by atoms with Gasteiger partial charge in [-0.1, -0.05) is 50.6 Å². The van der Waals surface area contributed by atoms with Crippen molar-refractivity contribution in [3.05, 3.63) is 77.5 Å². The van der Waals surface area contributed by atoms with E-state index in [9.17, 15) is 0 Å². The smallest absolute Gasteiger partial charge is 0.213 e. The molecule has 0 atom stereocenters. The van der Waals surface area contributed by atoms with Crippen LogP contribution in [0.15, 0.2) is 55.0 Å². The van der Waals surface area contributed by atoms with Crippen LogP contribution in [0.3, 0.4) is 0 Å². The Bertz CT molecular complexity index is 1260. The quantitative estimate of drug-likeness (QED) is 0.371. The van der Waals surface area contributed by atoms with Crippen molar-refractivity contribution in [2.45, 2.75) is 48.0 Å². The van der Waals surface area contributed by atoms with Gasteiger partial charge in [0.15, 0.2) is 6.20 Å². The van der Waals surface area contributed by atoms with Crippen LogP contribution in [0.5, 0.6) is 0 Å². The molecule has 2 aromatic carbocycles. The van der Waals surface area contributed by atoms with Gasteiger partial charge in [-0.25, -0.2) is 14.5 Å². The molecule has 2 aromatic heterocycles. The first kappa shape index (κ1) is 21.2. The van der Waals surface area contributed by atoms with Crippen LogP contribution in [0, 0.1) is 26.2 Å². The van der Waals surface area contributed by atoms with Crippen LogP contribution in [0.25, 0.3) is 33.2 Å². The van der Waals surface area contributed by atoms with E-state index in [0.29, 0.717) is 0 Å². The standard InChI is InChI=1S/C28H32N3/c1-18-11-19(2)20(3)24(12-18)26-13-21-9-8-10-23(25(21)17-31(26)7)22-15-29-27(30-16-22)14-28(4,5)6/h8-13,15-17H,14H2,1-7H3/q+1. The van der Waals surface area contributed by atoms with Crippen LogP contribution < -0.4 is 4.57 Å². The molecule has 0 aliphatic heterocycles. The van der Waals surface area contributed by atoms with E-state index in [2.05, 4.69) is 106 Å². The molecule has 3 heteroatoms. The summed E-state index contributed by atoms with van der Waals surface area (Å²) in [6.45, 7) is 13.2. The third-order valence-corrected chi connectivity index (χ3v) is 5.93. The lowest BCUT2D eigenvalue weighted by Crippen LogP contribution is -2.30. The summed E-state index contributed by atoms with van der Waals surface area (Å²) in [5.41, 5.74) is 8.87. The van der Waals surface area contributed by atoms with Crippen molar-refractivity contribution in [1.82, 2.24) is 9.97 Å². The monoisotopic (exact) mass is 410 g/mol. The summed E-state index contributed by atoms with van der Waals surface area (Å²) in [4.78, 5) is 9.30. The van der Waals surface area contributed by atoms with Gasteiger partial charge in [0.25, 0.3) is 0 Å². The van der Waals surface area contributed by atoms with Crippen LogP contribution in [-0.4, -0.2) is 9.97 Å². The highest BCUT2D eigenvalue weighted by Gasteiger charge is 2.18. The Morgan fingerprint density at radius 1 is 0.903 bits per heavy atom. The first-order valence-corrected chi connectivity index (χ1v) is 10.9. The summed E-state index contributed by atoms with van der Waals surface area (Å²) in [6, 6.07) is 13.3. The predicted octanol–water partition coefficient (Wildman–Crippen LogP) is 6.30. The van der Waals surface area contributed by atoms with Gasteiger partial charge in [0, 0.05) is 36.0 Å². The van der Waals surface area contributed by atoms with Gasteiger partial charge in [-0.2, -0.15) is 0 Å². The minimum absolute atomic E-state index is 0.178. The fraction of sp³-hybridized carbons (Fsp3) is 0.321. The number of hydrogen-bond donors (Lipinski definition) is 0. The van der Waals surface area contributed by atoms with E-state index in [1.807, 2.05) is 12.4 Å². The zero-order valence-electron chi connectivity index (χ0n) is 19.7. The summed E-state index contributed by atoms with van der Waals surface area (Å²) in [6.07, 6.45) is 7.03. The zero-order chi connectivity index (χ0) is 22.3. The Kier molecular flexibility index (Phi) is 5.38. The van der Waals surface area contributed by atoms with Crippen LogP contribution in [-0.2, 0) is 13.5 Å². The summed E-state index contributed by atoms with van der Waals surface area (Å²) in [5.74, 6) is 0.898. The lowest BCUT2D eigenvalue weighted by Gasteiger charge is -2.16. The molecule has 31 heavy (non-hydrogen) atoms. The number of rotatable bonds is 3. The first-order valence-electron chi connectivity index (χ1n) is 10.9. The Labute approximate surface area is 185 Å². The molecule has 0 spiro atoms. The fourth-order valence-corrected chi connectivity index (χ4v) is 4.25. The maximum Gasteiger partial charge on any atom is 0.213 e. The summed E-state index contributed by atoms with van der Waals surface area (Å²) in [7, 11) is 2.13. The Morgan fingerprint density at radius 2 is 1.61 bits per heavy atom. The van der Waals surface area contributed by atoms with Gasteiger partial charge < -0.3 is 0 Å². The second-order valence-corrected chi connectivity index (χ2v) is 9.96. The van der Waals surface area contributed by atoms with E-state index in [1.165, 1.54) is 44.3 Å². The molecular formula is C28H32N3+. The molecule has 0 N–H and O–H groups in total. The summed E-state index contributed by atoms with van der Waals surface area (Å²) < 4.78 is 2.24. The van der Waals surface area contributed by atoms with E-state index >= 15 is 0 Å². The van der Waals surface area contributed by atoms with Gasteiger partial charge in [0.1, 0.15) is 12.9 Å². The highest BCUT2D eigenvalue weighted by atomic mass is 14.9. The van der Waals surface area contributed by atoms with Crippen LogP contribution >= 0.6 is 0 Å². The van der Waals surface area contributed by atoms with Crippen molar-refractivity contribution in [3.8, 4) is 22.4 Å². The van der Waals surface area contributed by atoms with Crippen LogP contribution in [0.1, 0.15) is 43.3 Å². The molecule has 0 bridgehead atoms. The lowest BCUT2D eigenvalue weighted by molar-refractivity contribution is -0.659. The average molecular weight is 411 g/mol. The van der Waals surface area contributed by atoms with Gasteiger partial charge in [0.2, 0.25) is 5.69 Å². The molecule has 3 nitrogen and oxygen atoms in total.